The average molecular weight is 319 g/mol. The number of amides is 1. The van der Waals surface area contributed by atoms with E-state index < -0.39 is 0 Å². The summed E-state index contributed by atoms with van der Waals surface area (Å²) in [5, 5.41) is 0. The van der Waals surface area contributed by atoms with Crippen molar-refractivity contribution >= 4 is 5.91 Å². The predicted molar refractivity (Wildman–Crippen MR) is 88.4 cm³/mol. The van der Waals surface area contributed by atoms with Gasteiger partial charge in [0.25, 0.3) is 5.91 Å². The molecule has 0 saturated heterocycles. The minimum Gasteiger partial charge on any atom is -0.348 e. The number of aryl methyl sites for hydroxylation is 1. The number of H-pyrrole nitrogens is 1. The number of rotatable bonds is 2. The van der Waals surface area contributed by atoms with Gasteiger partial charge < -0.3 is 9.88 Å². The van der Waals surface area contributed by atoms with Gasteiger partial charge in [0.15, 0.2) is 0 Å². The second kappa shape index (κ2) is 5.88. The van der Waals surface area contributed by atoms with Crippen molar-refractivity contribution in [3.8, 4) is 0 Å². The summed E-state index contributed by atoms with van der Waals surface area (Å²) in [5.41, 5.74) is 4.23. The summed E-state index contributed by atoms with van der Waals surface area (Å²) in [6.45, 7) is 2.52. The van der Waals surface area contributed by atoms with E-state index in [0.717, 1.165) is 29.2 Å². The molecule has 6 nitrogen and oxygen atoms in total. The van der Waals surface area contributed by atoms with Gasteiger partial charge in [0.2, 0.25) is 0 Å². The molecule has 1 atom stereocenters. The third-order valence-electron chi connectivity index (χ3n) is 4.31. The van der Waals surface area contributed by atoms with Crippen LogP contribution in [-0.4, -0.2) is 37.3 Å². The van der Waals surface area contributed by atoms with Gasteiger partial charge in [-0.3, -0.25) is 14.8 Å². The van der Waals surface area contributed by atoms with Crippen molar-refractivity contribution in [1.82, 2.24) is 24.8 Å². The molecule has 3 aromatic rings. The molecular weight excluding hydrogens is 302 g/mol. The number of aromatic nitrogens is 4. The molecule has 4 rings (SSSR count). The summed E-state index contributed by atoms with van der Waals surface area (Å²) in [5.74, 6) is -0.0493. The maximum absolute atomic E-state index is 13.0. The lowest BCUT2D eigenvalue weighted by Crippen LogP contribution is -2.41. The quantitative estimate of drug-likeness (QED) is 0.786. The second-order valence-electron chi connectivity index (χ2n) is 5.86. The van der Waals surface area contributed by atoms with Gasteiger partial charge in [0.1, 0.15) is 6.04 Å². The molecule has 1 amide bonds. The zero-order valence-electron chi connectivity index (χ0n) is 13.3. The molecule has 0 unspecified atom stereocenters. The van der Waals surface area contributed by atoms with Crippen LogP contribution in [0.3, 0.4) is 0 Å². The first-order valence-corrected chi connectivity index (χ1v) is 7.91. The van der Waals surface area contributed by atoms with Crippen LogP contribution < -0.4 is 0 Å². The zero-order chi connectivity index (χ0) is 16.5. The number of nitrogens with one attached hydrogen (secondary N) is 1. The fourth-order valence-corrected chi connectivity index (χ4v) is 3.09. The highest BCUT2D eigenvalue weighted by Gasteiger charge is 2.35. The number of carbonyl (C=O) groups is 1. The molecule has 4 heterocycles. The van der Waals surface area contributed by atoms with E-state index >= 15 is 0 Å². The number of carbonyl (C=O) groups excluding carboxylic acids is 1. The van der Waals surface area contributed by atoms with E-state index in [0.29, 0.717) is 12.1 Å². The molecule has 0 bridgehead atoms. The third-order valence-corrected chi connectivity index (χ3v) is 4.31. The van der Waals surface area contributed by atoms with Gasteiger partial charge in [0.05, 0.1) is 23.3 Å². The fraction of sp³-hybridized carbons (Fsp3) is 0.222. The first-order chi connectivity index (χ1) is 11.7. The average Bonchev–Trinajstić information content (AvgIpc) is 3.10. The van der Waals surface area contributed by atoms with E-state index in [1.165, 1.54) is 0 Å². The van der Waals surface area contributed by atoms with E-state index in [1.54, 1.807) is 18.7 Å². The predicted octanol–water partition coefficient (Wildman–Crippen LogP) is 2.30. The summed E-state index contributed by atoms with van der Waals surface area (Å²) in [6, 6.07) is 9.12. The summed E-state index contributed by atoms with van der Waals surface area (Å²) in [7, 11) is 0. The molecule has 1 aliphatic rings. The summed E-state index contributed by atoms with van der Waals surface area (Å²) in [6.07, 6.45) is 5.81. The van der Waals surface area contributed by atoms with Gasteiger partial charge in [0, 0.05) is 36.7 Å². The van der Waals surface area contributed by atoms with Crippen LogP contribution in [0.1, 0.15) is 39.2 Å². The minimum absolute atomic E-state index is 0.0493. The van der Waals surface area contributed by atoms with Gasteiger partial charge in [-0.25, -0.2) is 4.98 Å². The van der Waals surface area contributed by atoms with Crippen LogP contribution in [0.15, 0.2) is 49.1 Å². The van der Waals surface area contributed by atoms with E-state index in [1.807, 2.05) is 42.2 Å². The number of pyridine rings is 2. The number of aromatic amines is 1. The summed E-state index contributed by atoms with van der Waals surface area (Å²) < 4.78 is 0. The molecule has 0 radical (unpaired) electrons. The van der Waals surface area contributed by atoms with E-state index in [4.69, 9.17) is 0 Å². The topological polar surface area (TPSA) is 74.8 Å². The minimum atomic E-state index is -0.282. The standard InChI is InChI=1S/C18H17N5O/c1-12-5-6-13(10-20-12)18(24)23-9-7-14-16(22-11-21-14)17(23)15-4-2-3-8-19-15/h2-6,8,10-11,17H,7,9H2,1H3,(H,21,22)/t17-/m1/s1. The van der Waals surface area contributed by atoms with E-state index in [2.05, 4.69) is 19.9 Å². The van der Waals surface area contributed by atoms with Crippen molar-refractivity contribution in [2.45, 2.75) is 19.4 Å². The Morgan fingerprint density at radius 3 is 2.88 bits per heavy atom. The van der Waals surface area contributed by atoms with Crippen molar-refractivity contribution in [3.63, 3.8) is 0 Å². The second-order valence-corrected chi connectivity index (χ2v) is 5.86. The molecule has 6 heteroatoms. The van der Waals surface area contributed by atoms with Crippen molar-refractivity contribution in [2.75, 3.05) is 6.54 Å². The van der Waals surface area contributed by atoms with Gasteiger partial charge in [-0.1, -0.05) is 6.07 Å². The van der Waals surface area contributed by atoms with Crippen molar-refractivity contribution in [2.24, 2.45) is 0 Å². The zero-order valence-corrected chi connectivity index (χ0v) is 13.3. The van der Waals surface area contributed by atoms with Gasteiger partial charge in [-0.15, -0.1) is 0 Å². The molecule has 0 aliphatic carbocycles. The van der Waals surface area contributed by atoms with E-state index in [9.17, 15) is 4.79 Å². The highest BCUT2D eigenvalue weighted by Crippen LogP contribution is 2.33. The third kappa shape index (κ3) is 2.46. The molecule has 0 spiro atoms. The van der Waals surface area contributed by atoms with Crippen molar-refractivity contribution < 1.29 is 4.79 Å². The summed E-state index contributed by atoms with van der Waals surface area (Å²) in [4.78, 5) is 31.2. The van der Waals surface area contributed by atoms with Crippen LogP contribution in [0.4, 0.5) is 0 Å². The Morgan fingerprint density at radius 1 is 1.21 bits per heavy atom. The molecule has 0 fully saturated rings. The molecule has 0 aromatic carbocycles. The molecule has 0 saturated carbocycles. The molecular formula is C18H17N5O. The lowest BCUT2D eigenvalue weighted by molar-refractivity contribution is 0.0687. The highest BCUT2D eigenvalue weighted by atomic mass is 16.2. The van der Waals surface area contributed by atoms with Crippen molar-refractivity contribution in [3.05, 3.63) is 77.4 Å². The number of fused-ring (bicyclic) bond motifs is 1. The lowest BCUT2D eigenvalue weighted by atomic mass is 9.98. The fourth-order valence-electron chi connectivity index (χ4n) is 3.09. The maximum Gasteiger partial charge on any atom is 0.256 e. The molecule has 3 aromatic heterocycles. The monoisotopic (exact) mass is 319 g/mol. The van der Waals surface area contributed by atoms with Crippen LogP contribution in [0, 0.1) is 6.92 Å². The van der Waals surface area contributed by atoms with Crippen LogP contribution in [0.2, 0.25) is 0 Å². The summed E-state index contributed by atoms with van der Waals surface area (Å²) >= 11 is 0. The Bertz CT molecular complexity index is 857. The smallest absolute Gasteiger partial charge is 0.256 e. The molecule has 1 aliphatic heterocycles. The largest absolute Gasteiger partial charge is 0.348 e. The number of hydrogen-bond acceptors (Lipinski definition) is 4. The highest BCUT2D eigenvalue weighted by molar-refractivity contribution is 5.94. The number of imidazole rings is 1. The Balaban J connectivity index is 1.76. The van der Waals surface area contributed by atoms with Crippen molar-refractivity contribution in [1.29, 1.82) is 0 Å². The Kier molecular flexibility index (Phi) is 3.57. The number of hydrogen-bond donors (Lipinski definition) is 1. The molecule has 120 valence electrons. The van der Waals surface area contributed by atoms with Gasteiger partial charge >= 0.3 is 0 Å². The Labute approximate surface area is 139 Å². The first-order valence-electron chi connectivity index (χ1n) is 7.91. The van der Waals surface area contributed by atoms with Crippen LogP contribution >= 0.6 is 0 Å². The SMILES string of the molecule is Cc1ccc(C(=O)N2CCc3[nH]cnc3[C@H]2c2ccccn2)cn1. The van der Waals surface area contributed by atoms with Gasteiger partial charge in [-0.05, 0) is 31.2 Å². The maximum atomic E-state index is 13.0. The van der Waals surface area contributed by atoms with Crippen LogP contribution in [-0.2, 0) is 6.42 Å². The lowest BCUT2D eigenvalue weighted by Gasteiger charge is -2.34. The Morgan fingerprint density at radius 2 is 2.12 bits per heavy atom. The first kappa shape index (κ1) is 14.6. The van der Waals surface area contributed by atoms with E-state index in [-0.39, 0.29) is 11.9 Å². The number of nitrogens with zero attached hydrogens (tertiary/aromatic N) is 4. The van der Waals surface area contributed by atoms with Crippen LogP contribution in [0.5, 0.6) is 0 Å². The molecule has 1 N–H and O–H groups in total. The molecule has 24 heavy (non-hydrogen) atoms. The van der Waals surface area contributed by atoms with Gasteiger partial charge in [-0.2, -0.15) is 0 Å². The van der Waals surface area contributed by atoms with Crippen LogP contribution in [0.25, 0.3) is 0 Å². The Hall–Kier alpha value is -3.02. The normalized spacial score (nSPS) is 16.7.